The number of furan rings is 1. The first-order chi connectivity index (χ1) is 11.3. The quantitative estimate of drug-likeness (QED) is 0.721. The first kappa shape index (κ1) is 13.7. The third kappa shape index (κ3) is 2.75. The second kappa shape index (κ2) is 5.71. The summed E-state index contributed by atoms with van der Waals surface area (Å²) in [4.78, 5) is 22.9. The standard InChI is InChI=1S/C15H16N6O2/c22-15(13-1-4-23-9-13)20-6-12(7-21-11-16-10-18-21)5-19-3-2-17-14(19)8-20/h1-4,9-12H,5-8H2. The molecule has 0 N–H and O–H groups in total. The van der Waals surface area contributed by atoms with Gasteiger partial charge in [0, 0.05) is 37.9 Å². The molecule has 0 saturated heterocycles. The second-order valence-corrected chi connectivity index (χ2v) is 5.68. The number of imidazole rings is 1. The highest BCUT2D eigenvalue weighted by atomic mass is 16.3. The third-order valence-electron chi connectivity index (χ3n) is 4.03. The van der Waals surface area contributed by atoms with Crippen molar-refractivity contribution in [3.05, 3.63) is 55.0 Å². The zero-order chi connectivity index (χ0) is 15.6. The van der Waals surface area contributed by atoms with Crippen molar-refractivity contribution in [2.24, 2.45) is 5.92 Å². The van der Waals surface area contributed by atoms with Crippen molar-refractivity contribution < 1.29 is 9.21 Å². The normalized spacial score (nSPS) is 17.7. The molecular weight excluding hydrogens is 296 g/mol. The topological polar surface area (TPSA) is 82.0 Å². The molecule has 23 heavy (non-hydrogen) atoms. The Morgan fingerprint density at radius 2 is 2.35 bits per heavy atom. The molecule has 0 bridgehead atoms. The van der Waals surface area contributed by atoms with Gasteiger partial charge < -0.3 is 13.9 Å². The Hall–Kier alpha value is -2.90. The average Bonchev–Trinajstić information content (AvgIpc) is 3.28. The number of rotatable bonds is 3. The summed E-state index contributed by atoms with van der Waals surface area (Å²) in [6.07, 6.45) is 9.93. The van der Waals surface area contributed by atoms with Gasteiger partial charge in [0.25, 0.3) is 5.91 Å². The summed E-state index contributed by atoms with van der Waals surface area (Å²) in [7, 11) is 0. The van der Waals surface area contributed by atoms with E-state index in [4.69, 9.17) is 4.42 Å². The van der Waals surface area contributed by atoms with E-state index in [9.17, 15) is 4.79 Å². The third-order valence-corrected chi connectivity index (χ3v) is 4.03. The first-order valence-electron chi connectivity index (χ1n) is 7.43. The van der Waals surface area contributed by atoms with Crippen LogP contribution in [0.5, 0.6) is 0 Å². The fourth-order valence-corrected chi connectivity index (χ4v) is 2.97. The van der Waals surface area contributed by atoms with E-state index in [2.05, 4.69) is 19.6 Å². The predicted molar refractivity (Wildman–Crippen MR) is 79.2 cm³/mol. The number of hydrogen-bond acceptors (Lipinski definition) is 5. The summed E-state index contributed by atoms with van der Waals surface area (Å²) >= 11 is 0. The van der Waals surface area contributed by atoms with Crippen LogP contribution in [0.25, 0.3) is 0 Å². The molecule has 8 heteroatoms. The van der Waals surface area contributed by atoms with Crippen molar-refractivity contribution in [3.63, 3.8) is 0 Å². The van der Waals surface area contributed by atoms with E-state index in [1.165, 1.54) is 18.9 Å². The second-order valence-electron chi connectivity index (χ2n) is 5.68. The Labute approximate surface area is 132 Å². The van der Waals surface area contributed by atoms with Crippen molar-refractivity contribution in [2.75, 3.05) is 6.54 Å². The molecule has 1 atom stereocenters. The number of amides is 1. The smallest absolute Gasteiger partial charge is 0.257 e. The molecule has 3 aromatic heterocycles. The molecule has 1 aliphatic heterocycles. The molecule has 118 valence electrons. The maximum absolute atomic E-state index is 12.7. The van der Waals surface area contributed by atoms with Gasteiger partial charge in [0.2, 0.25) is 0 Å². The van der Waals surface area contributed by atoms with E-state index >= 15 is 0 Å². The van der Waals surface area contributed by atoms with Crippen LogP contribution in [0.3, 0.4) is 0 Å². The van der Waals surface area contributed by atoms with Crippen molar-refractivity contribution in [1.29, 1.82) is 0 Å². The Morgan fingerprint density at radius 3 is 3.13 bits per heavy atom. The van der Waals surface area contributed by atoms with Gasteiger partial charge in [0.15, 0.2) is 0 Å². The van der Waals surface area contributed by atoms with Crippen molar-refractivity contribution in [3.8, 4) is 0 Å². The predicted octanol–water partition coefficient (Wildman–Crippen LogP) is 1.04. The molecule has 0 saturated carbocycles. The lowest BCUT2D eigenvalue weighted by atomic mass is 10.1. The zero-order valence-electron chi connectivity index (χ0n) is 12.4. The highest BCUT2D eigenvalue weighted by Gasteiger charge is 2.27. The highest BCUT2D eigenvalue weighted by Crippen LogP contribution is 2.19. The van der Waals surface area contributed by atoms with Crippen molar-refractivity contribution in [2.45, 2.75) is 19.6 Å². The minimum atomic E-state index is -0.0428. The molecule has 8 nitrogen and oxygen atoms in total. The number of aromatic nitrogens is 5. The zero-order valence-corrected chi connectivity index (χ0v) is 12.4. The highest BCUT2D eigenvalue weighted by molar-refractivity contribution is 5.93. The average molecular weight is 312 g/mol. The lowest BCUT2D eigenvalue weighted by Gasteiger charge is -2.23. The maximum atomic E-state index is 12.7. The molecule has 0 radical (unpaired) electrons. The fourth-order valence-electron chi connectivity index (χ4n) is 2.97. The molecule has 3 aromatic rings. The number of hydrogen-bond donors (Lipinski definition) is 0. The van der Waals surface area contributed by atoms with E-state index < -0.39 is 0 Å². The molecule has 4 heterocycles. The van der Waals surface area contributed by atoms with Crippen LogP contribution in [0, 0.1) is 5.92 Å². The van der Waals surface area contributed by atoms with E-state index in [-0.39, 0.29) is 11.8 Å². The maximum Gasteiger partial charge on any atom is 0.257 e. The van der Waals surface area contributed by atoms with Crippen LogP contribution in [-0.4, -0.2) is 41.7 Å². The molecule has 0 aromatic carbocycles. The lowest BCUT2D eigenvalue weighted by Crippen LogP contribution is -2.35. The van der Waals surface area contributed by atoms with Gasteiger partial charge in [-0.25, -0.2) is 9.97 Å². The Kier molecular flexibility index (Phi) is 3.41. The molecule has 0 aliphatic carbocycles. The van der Waals surface area contributed by atoms with Crippen LogP contribution in [0.2, 0.25) is 0 Å². The first-order valence-corrected chi connectivity index (χ1v) is 7.43. The van der Waals surface area contributed by atoms with E-state index in [1.54, 1.807) is 23.3 Å². The molecule has 4 rings (SSSR count). The summed E-state index contributed by atoms with van der Waals surface area (Å²) in [5.41, 5.74) is 0.560. The summed E-state index contributed by atoms with van der Waals surface area (Å²) in [6, 6.07) is 1.69. The van der Waals surface area contributed by atoms with Gasteiger partial charge in [0.05, 0.1) is 18.4 Å². The van der Waals surface area contributed by atoms with E-state index in [0.717, 1.165) is 12.4 Å². The molecule has 0 spiro atoms. The van der Waals surface area contributed by atoms with Gasteiger partial charge in [-0.05, 0) is 6.07 Å². The van der Waals surface area contributed by atoms with Gasteiger partial charge in [-0.15, -0.1) is 0 Å². The van der Waals surface area contributed by atoms with Crippen LogP contribution in [0.15, 0.2) is 48.1 Å². The monoisotopic (exact) mass is 312 g/mol. The van der Waals surface area contributed by atoms with Crippen LogP contribution >= 0.6 is 0 Å². The summed E-state index contributed by atoms with van der Waals surface area (Å²) in [6.45, 7) is 2.62. The molecular formula is C15H16N6O2. The van der Waals surface area contributed by atoms with Gasteiger partial charge in [0.1, 0.15) is 24.7 Å². The van der Waals surface area contributed by atoms with Gasteiger partial charge in [-0.2, -0.15) is 5.10 Å². The Balaban J connectivity index is 1.60. The summed E-state index contributed by atoms with van der Waals surface area (Å²) in [5, 5.41) is 4.17. The van der Waals surface area contributed by atoms with Gasteiger partial charge >= 0.3 is 0 Å². The number of nitrogens with zero attached hydrogens (tertiary/aromatic N) is 6. The van der Waals surface area contributed by atoms with E-state index in [1.807, 2.05) is 11.1 Å². The van der Waals surface area contributed by atoms with Crippen LogP contribution in [0.1, 0.15) is 16.2 Å². The fraction of sp³-hybridized carbons (Fsp3) is 0.333. The van der Waals surface area contributed by atoms with Crippen molar-refractivity contribution >= 4 is 5.91 Å². The number of carbonyl (C=O) groups is 1. The van der Waals surface area contributed by atoms with Crippen LogP contribution < -0.4 is 0 Å². The minimum absolute atomic E-state index is 0.0428. The lowest BCUT2D eigenvalue weighted by molar-refractivity contribution is 0.0712. The SMILES string of the molecule is O=C(c1ccoc1)N1Cc2nccn2CC(Cn2cncn2)C1. The molecule has 0 fully saturated rings. The molecule has 1 amide bonds. The molecule has 1 aliphatic rings. The summed E-state index contributed by atoms with van der Waals surface area (Å²) < 4.78 is 8.93. The minimum Gasteiger partial charge on any atom is -0.472 e. The number of fused-ring (bicyclic) bond motifs is 1. The van der Waals surface area contributed by atoms with Crippen LogP contribution in [-0.2, 0) is 19.6 Å². The Bertz CT molecular complexity index is 777. The molecule has 1 unspecified atom stereocenters. The number of carbonyl (C=O) groups excluding carboxylic acids is 1. The summed E-state index contributed by atoms with van der Waals surface area (Å²) in [5.74, 6) is 1.07. The van der Waals surface area contributed by atoms with E-state index in [0.29, 0.717) is 25.2 Å². The van der Waals surface area contributed by atoms with Crippen LogP contribution in [0.4, 0.5) is 0 Å². The Morgan fingerprint density at radius 1 is 1.39 bits per heavy atom. The van der Waals surface area contributed by atoms with Gasteiger partial charge in [-0.3, -0.25) is 9.48 Å². The van der Waals surface area contributed by atoms with Crippen molar-refractivity contribution in [1.82, 2.24) is 29.2 Å². The van der Waals surface area contributed by atoms with Gasteiger partial charge in [-0.1, -0.05) is 0 Å². The largest absolute Gasteiger partial charge is 0.472 e.